The first-order valence-corrected chi connectivity index (χ1v) is 10.7. The molecule has 0 radical (unpaired) electrons. The van der Waals surface area contributed by atoms with Crippen LogP contribution in [0.25, 0.3) is 5.57 Å². The number of piperazine rings is 1. The van der Waals surface area contributed by atoms with Gasteiger partial charge in [0.1, 0.15) is 12.4 Å². The van der Waals surface area contributed by atoms with Gasteiger partial charge in [0.25, 0.3) is 5.91 Å². The van der Waals surface area contributed by atoms with Crippen molar-refractivity contribution in [3.63, 3.8) is 0 Å². The van der Waals surface area contributed by atoms with Crippen molar-refractivity contribution in [3.05, 3.63) is 70.7 Å². The second kappa shape index (κ2) is 8.13. The number of benzene rings is 1. The van der Waals surface area contributed by atoms with E-state index in [1.165, 1.54) is 5.57 Å². The van der Waals surface area contributed by atoms with Gasteiger partial charge in [-0.15, -0.1) is 0 Å². The van der Waals surface area contributed by atoms with E-state index in [9.17, 15) is 4.79 Å². The number of hydrogen-bond acceptors (Lipinski definition) is 5. The predicted molar refractivity (Wildman–Crippen MR) is 119 cm³/mol. The minimum atomic E-state index is -0.0870. The van der Waals surface area contributed by atoms with E-state index in [0.29, 0.717) is 17.9 Å². The summed E-state index contributed by atoms with van der Waals surface area (Å²) >= 11 is 0. The van der Waals surface area contributed by atoms with E-state index in [4.69, 9.17) is 4.74 Å². The van der Waals surface area contributed by atoms with Gasteiger partial charge < -0.3 is 20.3 Å². The number of nitrogens with one attached hydrogen (secondary N) is 2. The number of amides is 1. The van der Waals surface area contributed by atoms with Crippen molar-refractivity contribution in [1.82, 2.24) is 15.1 Å². The molecule has 30 heavy (non-hydrogen) atoms. The molecule has 3 heterocycles. The highest BCUT2D eigenvalue weighted by Gasteiger charge is 2.32. The SMILES string of the molecule is CN1CCN(CCNC2=CCC3=C(C=C2)/C(=C2\C(=O)Nc4ccccc42)OC3)CC1. The molecule has 6 nitrogen and oxygen atoms in total. The third-order valence-electron chi connectivity index (χ3n) is 6.27. The standard InChI is InChI=1S/C24H28N4O2/c1-27-12-14-28(15-13-27)11-10-25-18-7-6-17-16-30-23(19(17)9-8-18)22-20-4-2-3-5-21(20)26-24(22)29/h2-5,7-9,25H,6,10-16H2,1H3,(H,26,29)/b23-22+. The van der Waals surface area contributed by atoms with Crippen LogP contribution in [0.2, 0.25) is 0 Å². The van der Waals surface area contributed by atoms with Gasteiger partial charge >= 0.3 is 0 Å². The van der Waals surface area contributed by atoms with Crippen LogP contribution in [0, 0.1) is 0 Å². The molecule has 0 atom stereocenters. The Morgan fingerprint density at radius 2 is 1.97 bits per heavy atom. The Labute approximate surface area is 177 Å². The summed E-state index contributed by atoms with van der Waals surface area (Å²) in [6.45, 7) is 7.10. The van der Waals surface area contributed by atoms with Gasteiger partial charge in [-0.3, -0.25) is 9.69 Å². The van der Waals surface area contributed by atoms with Gasteiger partial charge in [-0.05, 0) is 37.3 Å². The largest absolute Gasteiger partial charge is 0.488 e. The second-order valence-corrected chi connectivity index (χ2v) is 8.28. The zero-order chi connectivity index (χ0) is 20.5. The zero-order valence-electron chi connectivity index (χ0n) is 17.4. The number of nitrogens with zero attached hydrogens (tertiary/aromatic N) is 2. The lowest BCUT2D eigenvalue weighted by Crippen LogP contribution is -2.46. The number of hydrogen-bond donors (Lipinski definition) is 2. The molecule has 6 heteroatoms. The molecule has 0 saturated carbocycles. The summed E-state index contributed by atoms with van der Waals surface area (Å²) in [5, 5.41) is 6.52. The first-order chi connectivity index (χ1) is 14.7. The summed E-state index contributed by atoms with van der Waals surface area (Å²) in [4.78, 5) is 17.5. The van der Waals surface area contributed by atoms with Crippen LogP contribution in [-0.2, 0) is 9.53 Å². The molecule has 1 amide bonds. The number of anilines is 1. The van der Waals surface area contributed by atoms with Crippen molar-refractivity contribution < 1.29 is 9.53 Å². The van der Waals surface area contributed by atoms with Crippen molar-refractivity contribution in [1.29, 1.82) is 0 Å². The van der Waals surface area contributed by atoms with Crippen LogP contribution in [0.5, 0.6) is 0 Å². The predicted octanol–water partition coefficient (Wildman–Crippen LogP) is 2.36. The Morgan fingerprint density at radius 1 is 1.13 bits per heavy atom. The van der Waals surface area contributed by atoms with Crippen LogP contribution in [0.1, 0.15) is 12.0 Å². The van der Waals surface area contributed by atoms with Crippen LogP contribution < -0.4 is 10.6 Å². The number of carbonyl (C=O) groups excluding carboxylic acids is 1. The lowest BCUT2D eigenvalue weighted by molar-refractivity contribution is -0.110. The topological polar surface area (TPSA) is 56.8 Å². The highest BCUT2D eigenvalue weighted by Crippen LogP contribution is 2.40. The molecule has 1 aromatic rings. The monoisotopic (exact) mass is 404 g/mol. The van der Waals surface area contributed by atoms with E-state index in [1.54, 1.807) is 0 Å². The highest BCUT2D eigenvalue weighted by molar-refractivity contribution is 6.32. The van der Waals surface area contributed by atoms with Gasteiger partial charge in [-0.2, -0.15) is 0 Å². The van der Waals surface area contributed by atoms with E-state index < -0.39 is 0 Å². The van der Waals surface area contributed by atoms with Crippen molar-refractivity contribution in [2.24, 2.45) is 0 Å². The molecule has 1 aliphatic carbocycles. The average molecular weight is 405 g/mol. The molecule has 0 aromatic heterocycles. The van der Waals surface area contributed by atoms with Gasteiger partial charge in [-0.25, -0.2) is 0 Å². The van der Waals surface area contributed by atoms with E-state index in [1.807, 2.05) is 24.3 Å². The first kappa shape index (κ1) is 19.2. The van der Waals surface area contributed by atoms with E-state index in [-0.39, 0.29) is 5.91 Å². The van der Waals surface area contributed by atoms with Crippen LogP contribution in [0.4, 0.5) is 5.69 Å². The lowest BCUT2D eigenvalue weighted by Gasteiger charge is -2.32. The molecule has 3 aliphatic heterocycles. The van der Waals surface area contributed by atoms with Crippen LogP contribution in [-0.4, -0.2) is 68.6 Å². The fourth-order valence-electron chi connectivity index (χ4n) is 4.42. The summed E-state index contributed by atoms with van der Waals surface area (Å²) in [6, 6.07) is 7.79. The molecule has 5 rings (SSSR count). The summed E-state index contributed by atoms with van der Waals surface area (Å²) in [5.41, 5.74) is 5.82. The summed E-state index contributed by atoms with van der Waals surface area (Å²) in [5.74, 6) is 0.617. The fraction of sp³-hybridized carbons (Fsp3) is 0.375. The van der Waals surface area contributed by atoms with E-state index in [0.717, 1.165) is 68.2 Å². The maximum Gasteiger partial charge on any atom is 0.260 e. The van der Waals surface area contributed by atoms with E-state index in [2.05, 4.69) is 45.7 Å². The molecule has 1 fully saturated rings. The lowest BCUT2D eigenvalue weighted by atomic mass is 10.00. The molecule has 2 N–H and O–H groups in total. The van der Waals surface area contributed by atoms with Gasteiger partial charge in [0, 0.05) is 61.8 Å². The first-order valence-electron chi connectivity index (χ1n) is 10.7. The quantitative estimate of drug-likeness (QED) is 0.755. The van der Waals surface area contributed by atoms with Crippen LogP contribution in [0.15, 0.2) is 65.1 Å². The van der Waals surface area contributed by atoms with Gasteiger partial charge in [0.15, 0.2) is 0 Å². The number of likely N-dealkylation sites (N-methyl/N-ethyl adjacent to an activating group) is 1. The molecule has 0 spiro atoms. The van der Waals surface area contributed by atoms with Crippen molar-refractivity contribution in [3.8, 4) is 0 Å². The molecular formula is C24H28N4O2. The molecular weight excluding hydrogens is 376 g/mol. The Morgan fingerprint density at radius 3 is 2.83 bits per heavy atom. The summed E-state index contributed by atoms with van der Waals surface area (Å²) < 4.78 is 6.00. The van der Waals surface area contributed by atoms with Crippen LogP contribution in [0.3, 0.4) is 0 Å². The smallest absolute Gasteiger partial charge is 0.260 e. The number of allylic oxidation sites excluding steroid dienone is 3. The van der Waals surface area contributed by atoms with Crippen molar-refractivity contribution >= 4 is 17.2 Å². The Bertz CT molecular complexity index is 981. The van der Waals surface area contributed by atoms with Gasteiger partial charge in [-0.1, -0.05) is 24.3 Å². The van der Waals surface area contributed by atoms with E-state index >= 15 is 0 Å². The van der Waals surface area contributed by atoms with Gasteiger partial charge in [0.2, 0.25) is 0 Å². The van der Waals surface area contributed by atoms with Crippen molar-refractivity contribution in [2.75, 3.05) is 58.2 Å². The minimum Gasteiger partial charge on any atom is -0.488 e. The molecule has 156 valence electrons. The Balaban J connectivity index is 1.27. The number of rotatable bonds is 4. The molecule has 0 bridgehead atoms. The number of fused-ring (bicyclic) bond motifs is 1. The number of carbonyl (C=O) groups is 1. The fourth-order valence-corrected chi connectivity index (χ4v) is 4.42. The third kappa shape index (κ3) is 3.68. The van der Waals surface area contributed by atoms with Gasteiger partial charge in [0.05, 0.1) is 5.57 Å². The molecule has 1 saturated heterocycles. The molecule has 1 aromatic carbocycles. The summed E-state index contributed by atoms with van der Waals surface area (Å²) in [7, 11) is 2.18. The molecule has 4 aliphatic rings. The number of ether oxygens (including phenoxy) is 1. The minimum absolute atomic E-state index is 0.0870. The second-order valence-electron chi connectivity index (χ2n) is 8.28. The summed E-state index contributed by atoms with van der Waals surface area (Å²) in [6.07, 6.45) is 7.27. The molecule has 0 unspecified atom stereocenters. The van der Waals surface area contributed by atoms with Crippen LogP contribution >= 0.6 is 0 Å². The maximum atomic E-state index is 12.6. The Kier molecular flexibility index (Phi) is 5.19. The number of para-hydroxylation sites is 1. The maximum absolute atomic E-state index is 12.6. The average Bonchev–Trinajstić information content (AvgIpc) is 3.23. The Hall–Kier alpha value is -2.83. The normalized spacial score (nSPS) is 24.2. The zero-order valence-corrected chi connectivity index (χ0v) is 17.4. The highest BCUT2D eigenvalue weighted by atomic mass is 16.5. The van der Waals surface area contributed by atoms with Crippen molar-refractivity contribution in [2.45, 2.75) is 6.42 Å². The third-order valence-corrected chi connectivity index (χ3v) is 6.27.